The van der Waals surface area contributed by atoms with Gasteiger partial charge in [-0.3, -0.25) is 4.79 Å². The summed E-state index contributed by atoms with van der Waals surface area (Å²) >= 11 is 0. The van der Waals surface area contributed by atoms with Gasteiger partial charge in [-0.2, -0.15) is 0 Å². The van der Waals surface area contributed by atoms with Crippen LogP contribution in [0, 0.1) is 5.92 Å². The number of amides is 1. The summed E-state index contributed by atoms with van der Waals surface area (Å²) in [6.07, 6.45) is 2.27. The van der Waals surface area contributed by atoms with Gasteiger partial charge in [-0.1, -0.05) is 24.3 Å². The molecule has 1 aromatic carbocycles. The third kappa shape index (κ3) is 2.91. The van der Waals surface area contributed by atoms with E-state index in [9.17, 15) is 9.90 Å². The number of carbonyl (C=O) groups excluding carboxylic acids is 1. The highest BCUT2D eigenvalue weighted by Crippen LogP contribution is 2.26. The Balaban J connectivity index is 2.02. The molecule has 0 aromatic heterocycles. The van der Waals surface area contributed by atoms with Crippen molar-refractivity contribution in [3.8, 4) is 0 Å². The number of carbonyl (C=O) groups is 1. The van der Waals surface area contributed by atoms with Crippen molar-refractivity contribution in [3.05, 3.63) is 35.4 Å². The number of fused-ring (bicyclic) bond motifs is 1. The van der Waals surface area contributed by atoms with Crippen LogP contribution >= 0.6 is 0 Å². The first-order valence-electron chi connectivity index (χ1n) is 6.57. The molecule has 0 radical (unpaired) electrons. The van der Waals surface area contributed by atoms with Crippen LogP contribution < -0.4 is 0 Å². The van der Waals surface area contributed by atoms with Crippen molar-refractivity contribution in [2.45, 2.75) is 32.3 Å². The number of benzene rings is 1. The zero-order chi connectivity index (χ0) is 13.1. The van der Waals surface area contributed by atoms with Gasteiger partial charge < -0.3 is 10.0 Å². The quantitative estimate of drug-likeness (QED) is 0.882. The van der Waals surface area contributed by atoms with Crippen LogP contribution in [-0.4, -0.2) is 35.6 Å². The Kier molecular flexibility index (Phi) is 4.02. The van der Waals surface area contributed by atoms with E-state index in [0.29, 0.717) is 6.54 Å². The largest absolute Gasteiger partial charge is 0.392 e. The molecule has 2 atom stereocenters. The van der Waals surface area contributed by atoms with E-state index in [1.807, 2.05) is 6.07 Å². The van der Waals surface area contributed by atoms with Gasteiger partial charge in [0.2, 0.25) is 5.91 Å². The Labute approximate surface area is 108 Å². The molecule has 0 bridgehead atoms. The number of hydrogen-bond acceptors (Lipinski definition) is 2. The lowest BCUT2D eigenvalue weighted by Crippen LogP contribution is -2.39. The van der Waals surface area contributed by atoms with Gasteiger partial charge in [-0.15, -0.1) is 0 Å². The highest BCUT2D eigenvalue weighted by atomic mass is 16.3. The van der Waals surface area contributed by atoms with Gasteiger partial charge >= 0.3 is 0 Å². The number of likely N-dealkylation sites (N-methyl/N-ethyl adjacent to an activating group) is 1. The van der Waals surface area contributed by atoms with Gasteiger partial charge in [0.05, 0.1) is 6.10 Å². The molecule has 0 aliphatic heterocycles. The topological polar surface area (TPSA) is 40.5 Å². The zero-order valence-electron chi connectivity index (χ0n) is 11.1. The van der Waals surface area contributed by atoms with Crippen LogP contribution in [0.4, 0.5) is 0 Å². The first-order valence-corrected chi connectivity index (χ1v) is 6.57. The molecule has 0 fully saturated rings. The Hall–Kier alpha value is -1.35. The van der Waals surface area contributed by atoms with Crippen molar-refractivity contribution < 1.29 is 9.90 Å². The zero-order valence-corrected chi connectivity index (χ0v) is 11.1. The summed E-state index contributed by atoms with van der Waals surface area (Å²) in [4.78, 5) is 13.9. The second-order valence-electron chi connectivity index (χ2n) is 5.28. The van der Waals surface area contributed by atoms with E-state index < -0.39 is 6.10 Å². The SMILES string of the molecule is CC(O)CN(C)C(=O)C1CCc2ccccc2C1. The summed E-state index contributed by atoms with van der Waals surface area (Å²) in [6.45, 7) is 2.12. The molecule has 1 N–H and O–H groups in total. The van der Waals surface area contributed by atoms with Gasteiger partial charge in [-0.05, 0) is 37.3 Å². The Bertz CT molecular complexity index is 428. The third-order valence-electron chi connectivity index (χ3n) is 3.61. The third-order valence-corrected chi connectivity index (χ3v) is 3.61. The summed E-state index contributed by atoms with van der Waals surface area (Å²) < 4.78 is 0. The summed E-state index contributed by atoms with van der Waals surface area (Å²) in [5.74, 6) is 0.231. The van der Waals surface area contributed by atoms with Crippen molar-refractivity contribution in [3.63, 3.8) is 0 Å². The van der Waals surface area contributed by atoms with Crippen LogP contribution in [0.15, 0.2) is 24.3 Å². The minimum atomic E-state index is -0.463. The van der Waals surface area contributed by atoms with Gasteiger partial charge in [0, 0.05) is 19.5 Å². The van der Waals surface area contributed by atoms with Crippen LogP contribution in [-0.2, 0) is 17.6 Å². The second kappa shape index (κ2) is 5.53. The van der Waals surface area contributed by atoms with Crippen LogP contribution in [0.5, 0.6) is 0 Å². The number of aliphatic hydroxyl groups excluding tert-OH is 1. The average molecular weight is 247 g/mol. The van der Waals surface area contributed by atoms with E-state index in [1.54, 1.807) is 18.9 Å². The molecule has 1 amide bonds. The molecule has 2 unspecified atom stereocenters. The molecular weight excluding hydrogens is 226 g/mol. The van der Waals surface area contributed by atoms with Crippen LogP contribution in [0.1, 0.15) is 24.5 Å². The van der Waals surface area contributed by atoms with Crippen LogP contribution in [0.3, 0.4) is 0 Å². The summed E-state index contributed by atoms with van der Waals surface area (Å²) in [5, 5.41) is 9.33. The smallest absolute Gasteiger partial charge is 0.225 e. The minimum absolute atomic E-state index is 0.0728. The maximum absolute atomic E-state index is 12.3. The molecule has 18 heavy (non-hydrogen) atoms. The lowest BCUT2D eigenvalue weighted by molar-refractivity contribution is -0.135. The van der Waals surface area contributed by atoms with Crippen molar-refractivity contribution in [2.24, 2.45) is 5.92 Å². The molecule has 1 aromatic rings. The fourth-order valence-corrected chi connectivity index (χ4v) is 2.71. The molecule has 98 valence electrons. The highest BCUT2D eigenvalue weighted by molar-refractivity contribution is 5.79. The standard InChI is InChI=1S/C15H21NO2/c1-11(17)10-16(2)15(18)14-8-7-12-5-3-4-6-13(12)9-14/h3-6,11,14,17H,7-10H2,1-2H3. The van der Waals surface area contributed by atoms with Gasteiger partial charge in [0.25, 0.3) is 0 Å². The molecule has 1 aliphatic carbocycles. The van der Waals surface area contributed by atoms with E-state index in [2.05, 4.69) is 18.2 Å². The summed E-state index contributed by atoms with van der Waals surface area (Å²) in [6, 6.07) is 8.35. The van der Waals surface area contributed by atoms with Crippen molar-refractivity contribution in [2.75, 3.05) is 13.6 Å². The maximum Gasteiger partial charge on any atom is 0.225 e. The first-order chi connectivity index (χ1) is 8.58. The molecule has 3 heteroatoms. The van der Waals surface area contributed by atoms with E-state index in [4.69, 9.17) is 0 Å². The lowest BCUT2D eigenvalue weighted by atomic mass is 9.83. The molecule has 3 nitrogen and oxygen atoms in total. The molecule has 2 rings (SSSR count). The fraction of sp³-hybridized carbons (Fsp3) is 0.533. The van der Waals surface area contributed by atoms with Gasteiger partial charge in [0.15, 0.2) is 0 Å². The number of nitrogens with zero attached hydrogens (tertiary/aromatic N) is 1. The number of rotatable bonds is 3. The molecule has 1 aliphatic rings. The molecule has 0 spiro atoms. The minimum Gasteiger partial charge on any atom is -0.392 e. The van der Waals surface area contributed by atoms with E-state index in [-0.39, 0.29) is 11.8 Å². The van der Waals surface area contributed by atoms with E-state index in [1.165, 1.54) is 11.1 Å². The van der Waals surface area contributed by atoms with Crippen molar-refractivity contribution in [1.29, 1.82) is 0 Å². The normalized spacial score (nSPS) is 20.1. The molecule has 0 saturated heterocycles. The Morgan fingerprint density at radius 2 is 2.11 bits per heavy atom. The maximum atomic E-state index is 12.3. The first kappa shape index (κ1) is 13.1. The van der Waals surface area contributed by atoms with Crippen LogP contribution in [0.25, 0.3) is 0 Å². The predicted octanol–water partition coefficient (Wildman–Crippen LogP) is 1.63. The number of aliphatic hydroxyl groups is 1. The van der Waals surface area contributed by atoms with E-state index in [0.717, 1.165) is 19.3 Å². The molecule has 0 heterocycles. The van der Waals surface area contributed by atoms with Gasteiger partial charge in [0.1, 0.15) is 0 Å². The number of aryl methyl sites for hydroxylation is 1. The van der Waals surface area contributed by atoms with Gasteiger partial charge in [-0.25, -0.2) is 0 Å². The molecule has 0 saturated carbocycles. The second-order valence-corrected chi connectivity index (χ2v) is 5.28. The van der Waals surface area contributed by atoms with Crippen molar-refractivity contribution >= 4 is 5.91 Å². The lowest BCUT2D eigenvalue weighted by Gasteiger charge is -2.28. The Morgan fingerprint density at radius 3 is 2.78 bits per heavy atom. The predicted molar refractivity (Wildman–Crippen MR) is 71.3 cm³/mol. The monoisotopic (exact) mass is 247 g/mol. The molecular formula is C15H21NO2. The van der Waals surface area contributed by atoms with E-state index >= 15 is 0 Å². The van der Waals surface area contributed by atoms with Crippen molar-refractivity contribution in [1.82, 2.24) is 4.90 Å². The summed E-state index contributed by atoms with van der Waals surface area (Å²) in [7, 11) is 1.77. The van der Waals surface area contributed by atoms with Crippen LogP contribution in [0.2, 0.25) is 0 Å². The summed E-state index contributed by atoms with van der Waals surface area (Å²) in [5.41, 5.74) is 2.67. The number of hydrogen-bond donors (Lipinski definition) is 1. The Morgan fingerprint density at radius 1 is 1.44 bits per heavy atom. The highest BCUT2D eigenvalue weighted by Gasteiger charge is 2.26. The average Bonchev–Trinajstić information content (AvgIpc) is 2.36. The fourth-order valence-electron chi connectivity index (χ4n) is 2.71.